The lowest BCUT2D eigenvalue weighted by atomic mass is 10.1. The quantitative estimate of drug-likeness (QED) is 0.591. The maximum Gasteiger partial charge on any atom is 0.279 e. The Hall–Kier alpha value is -2.73. The van der Waals surface area contributed by atoms with Crippen molar-refractivity contribution in [2.45, 2.75) is 46.3 Å². The van der Waals surface area contributed by atoms with Crippen LogP contribution in [-0.4, -0.2) is 41.7 Å². The number of hydrogen-bond donors (Lipinski definition) is 0. The number of carbonyl (C=O) groups excluding carboxylic acids is 1. The van der Waals surface area contributed by atoms with Crippen LogP contribution in [0.3, 0.4) is 0 Å². The van der Waals surface area contributed by atoms with Gasteiger partial charge in [0.25, 0.3) is 5.91 Å². The Morgan fingerprint density at radius 2 is 2.11 bits per heavy atom. The molecule has 6 nitrogen and oxygen atoms in total. The molecular formula is C22H26N4O2. The Labute approximate surface area is 165 Å². The number of likely N-dealkylation sites (N-methyl/N-ethyl adjacent to an activating group) is 1. The molecule has 4 rings (SSSR count). The Balaban J connectivity index is 1.57. The lowest BCUT2D eigenvalue weighted by Gasteiger charge is -2.14. The van der Waals surface area contributed by atoms with Crippen molar-refractivity contribution in [2.24, 2.45) is 10.2 Å². The van der Waals surface area contributed by atoms with Gasteiger partial charge in [-0.2, -0.15) is 5.10 Å². The topological polar surface area (TPSA) is 59.2 Å². The molecule has 146 valence electrons. The van der Waals surface area contributed by atoms with E-state index in [1.54, 1.807) is 11.1 Å². The molecule has 0 saturated carbocycles. The fraction of sp³-hybridized carbons (Fsp3) is 0.409. The highest BCUT2D eigenvalue weighted by atomic mass is 16.5. The predicted octanol–water partition coefficient (Wildman–Crippen LogP) is 3.47. The van der Waals surface area contributed by atoms with Crippen LogP contribution in [0.5, 0.6) is 0 Å². The van der Waals surface area contributed by atoms with Crippen LogP contribution in [0.1, 0.15) is 42.3 Å². The summed E-state index contributed by atoms with van der Waals surface area (Å²) in [5.41, 5.74) is 5.49. The highest BCUT2D eigenvalue weighted by molar-refractivity contribution is 6.54. The van der Waals surface area contributed by atoms with Gasteiger partial charge in [0.05, 0.1) is 18.0 Å². The summed E-state index contributed by atoms with van der Waals surface area (Å²) in [4.78, 5) is 14.4. The Morgan fingerprint density at radius 3 is 2.86 bits per heavy atom. The van der Waals surface area contributed by atoms with Gasteiger partial charge in [0, 0.05) is 42.2 Å². The second kappa shape index (κ2) is 7.72. The van der Waals surface area contributed by atoms with E-state index in [2.05, 4.69) is 34.7 Å². The van der Waals surface area contributed by atoms with Gasteiger partial charge in [-0.25, -0.2) is 0 Å². The SMILES string of the molecule is CCN1C(=O)/C(=N/N=C\c2cc(C)n(C[C@@H]3CCCO3)c2C)c2ccccc21. The molecule has 0 N–H and O–H groups in total. The van der Waals surface area contributed by atoms with E-state index in [1.807, 2.05) is 31.2 Å². The minimum atomic E-state index is -0.0929. The molecule has 1 atom stereocenters. The molecule has 0 aliphatic carbocycles. The van der Waals surface area contributed by atoms with E-state index in [0.29, 0.717) is 18.4 Å². The molecule has 6 heteroatoms. The Morgan fingerprint density at radius 1 is 1.29 bits per heavy atom. The molecule has 1 aromatic heterocycles. The zero-order valence-corrected chi connectivity index (χ0v) is 16.7. The van der Waals surface area contributed by atoms with Crippen LogP contribution >= 0.6 is 0 Å². The number of aryl methyl sites for hydroxylation is 1. The summed E-state index contributed by atoms with van der Waals surface area (Å²) in [6.07, 6.45) is 4.29. The third kappa shape index (κ3) is 3.29. The summed E-state index contributed by atoms with van der Waals surface area (Å²) in [6, 6.07) is 9.83. The summed E-state index contributed by atoms with van der Waals surface area (Å²) in [5.74, 6) is -0.0929. The summed E-state index contributed by atoms with van der Waals surface area (Å²) >= 11 is 0. The Bertz CT molecular complexity index is 951. The van der Waals surface area contributed by atoms with Gasteiger partial charge in [-0.1, -0.05) is 18.2 Å². The maximum absolute atomic E-state index is 12.7. The molecule has 1 fully saturated rings. The van der Waals surface area contributed by atoms with Crippen LogP contribution in [0, 0.1) is 13.8 Å². The van der Waals surface area contributed by atoms with E-state index >= 15 is 0 Å². The molecule has 3 heterocycles. The van der Waals surface area contributed by atoms with Crippen molar-refractivity contribution in [3.8, 4) is 0 Å². The number of fused-ring (bicyclic) bond motifs is 1. The number of carbonyl (C=O) groups is 1. The highest BCUT2D eigenvalue weighted by Gasteiger charge is 2.32. The smallest absolute Gasteiger partial charge is 0.279 e. The number of para-hydroxylation sites is 1. The fourth-order valence-corrected chi connectivity index (χ4v) is 4.05. The number of nitrogens with zero attached hydrogens (tertiary/aromatic N) is 4. The second-order valence-corrected chi connectivity index (χ2v) is 7.33. The van der Waals surface area contributed by atoms with Gasteiger partial charge in [0.15, 0.2) is 5.71 Å². The molecule has 0 bridgehead atoms. The predicted molar refractivity (Wildman–Crippen MR) is 111 cm³/mol. The molecule has 1 amide bonds. The average molecular weight is 378 g/mol. The normalized spacial score (nSPS) is 20.7. The van der Waals surface area contributed by atoms with E-state index in [1.165, 1.54) is 5.69 Å². The number of rotatable bonds is 5. The van der Waals surface area contributed by atoms with Crippen LogP contribution < -0.4 is 4.90 Å². The summed E-state index contributed by atoms with van der Waals surface area (Å²) in [6.45, 7) is 8.50. The standard InChI is InChI=1S/C22H26N4O2/c1-4-25-20-10-6-5-9-19(20)21(22(25)27)24-23-13-17-12-15(2)26(16(17)3)14-18-8-7-11-28-18/h5-6,9-10,12-13,18H,4,7-8,11,14H2,1-3H3/b23-13-,24-21+/t18-/m0/s1. The van der Waals surface area contributed by atoms with Crippen molar-refractivity contribution in [3.05, 3.63) is 52.8 Å². The third-order valence-electron chi connectivity index (χ3n) is 5.59. The van der Waals surface area contributed by atoms with Gasteiger partial charge in [-0.05, 0) is 45.7 Å². The Kier molecular flexibility index (Phi) is 5.13. The first kappa shape index (κ1) is 18.6. The summed E-state index contributed by atoms with van der Waals surface area (Å²) < 4.78 is 8.05. The van der Waals surface area contributed by atoms with E-state index in [-0.39, 0.29) is 5.91 Å². The van der Waals surface area contributed by atoms with Crippen molar-refractivity contribution in [2.75, 3.05) is 18.1 Å². The van der Waals surface area contributed by atoms with Crippen LogP contribution in [0.4, 0.5) is 5.69 Å². The van der Waals surface area contributed by atoms with E-state index < -0.39 is 0 Å². The first-order valence-electron chi connectivity index (χ1n) is 9.90. The van der Waals surface area contributed by atoms with Crippen molar-refractivity contribution in [3.63, 3.8) is 0 Å². The minimum Gasteiger partial charge on any atom is -0.376 e. The zero-order chi connectivity index (χ0) is 19.7. The lowest BCUT2D eigenvalue weighted by Crippen LogP contribution is -2.29. The van der Waals surface area contributed by atoms with Gasteiger partial charge < -0.3 is 14.2 Å². The number of aromatic nitrogens is 1. The van der Waals surface area contributed by atoms with E-state index in [4.69, 9.17) is 4.74 Å². The van der Waals surface area contributed by atoms with Crippen molar-refractivity contribution >= 4 is 23.5 Å². The molecule has 0 unspecified atom stereocenters. The van der Waals surface area contributed by atoms with Crippen LogP contribution in [0.2, 0.25) is 0 Å². The number of anilines is 1. The molecular weight excluding hydrogens is 352 g/mol. The van der Waals surface area contributed by atoms with E-state index in [9.17, 15) is 4.79 Å². The van der Waals surface area contributed by atoms with Gasteiger partial charge in [-0.3, -0.25) is 4.79 Å². The molecule has 2 aliphatic rings. The summed E-state index contributed by atoms with van der Waals surface area (Å²) in [5, 5.41) is 8.54. The first-order valence-corrected chi connectivity index (χ1v) is 9.90. The van der Waals surface area contributed by atoms with Gasteiger partial charge in [-0.15, -0.1) is 5.10 Å². The molecule has 28 heavy (non-hydrogen) atoms. The molecule has 1 saturated heterocycles. The molecule has 0 spiro atoms. The fourth-order valence-electron chi connectivity index (χ4n) is 4.05. The van der Waals surface area contributed by atoms with Crippen molar-refractivity contribution in [1.29, 1.82) is 0 Å². The second-order valence-electron chi connectivity index (χ2n) is 7.33. The maximum atomic E-state index is 12.7. The first-order chi connectivity index (χ1) is 13.6. The number of ether oxygens (including phenoxy) is 1. The molecule has 1 aromatic carbocycles. The van der Waals surface area contributed by atoms with Crippen LogP contribution in [0.25, 0.3) is 0 Å². The summed E-state index contributed by atoms with van der Waals surface area (Å²) in [7, 11) is 0. The number of benzene rings is 1. The van der Waals surface area contributed by atoms with Crippen molar-refractivity contribution < 1.29 is 9.53 Å². The van der Waals surface area contributed by atoms with Gasteiger partial charge >= 0.3 is 0 Å². The van der Waals surface area contributed by atoms with Crippen LogP contribution in [-0.2, 0) is 16.1 Å². The molecule has 2 aliphatic heterocycles. The zero-order valence-electron chi connectivity index (χ0n) is 16.7. The molecule has 0 radical (unpaired) electrons. The van der Waals surface area contributed by atoms with Gasteiger partial charge in [0.2, 0.25) is 0 Å². The average Bonchev–Trinajstić information content (AvgIpc) is 3.37. The highest BCUT2D eigenvalue weighted by Crippen LogP contribution is 2.28. The van der Waals surface area contributed by atoms with E-state index in [0.717, 1.165) is 48.5 Å². The monoisotopic (exact) mass is 378 g/mol. The number of amides is 1. The number of hydrogen-bond acceptors (Lipinski definition) is 4. The van der Waals surface area contributed by atoms with Gasteiger partial charge in [0.1, 0.15) is 0 Å². The van der Waals surface area contributed by atoms with Crippen molar-refractivity contribution in [1.82, 2.24) is 4.57 Å². The minimum absolute atomic E-state index is 0.0929. The lowest BCUT2D eigenvalue weighted by molar-refractivity contribution is -0.112. The third-order valence-corrected chi connectivity index (χ3v) is 5.59. The largest absolute Gasteiger partial charge is 0.376 e. The van der Waals surface area contributed by atoms with Crippen LogP contribution in [0.15, 0.2) is 40.5 Å². The molecule has 2 aromatic rings.